The van der Waals surface area contributed by atoms with E-state index < -0.39 is 5.60 Å². The van der Waals surface area contributed by atoms with Crippen LogP contribution in [0.1, 0.15) is 45.5 Å². The van der Waals surface area contributed by atoms with Crippen LogP contribution >= 0.6 is 22.6 Å². The Bertz CT molecular complexity index is 785. The van der Waals surface area contributed by atoms with Gasteiger partial charge in [0.05, 0.1) is 17.1 Å². The highest BCUT2D eigenvalue weighted by Crippen LogP contribution is 2.45. The van der Waals surface area contributed by atoms with Gasteiger partial charge in [-0.1, -0.05) is 6.92 Å². The zero-order chi connectivity index (χ0) is 16.4. The van der Waals surface area contributed by atoms with Crippen molar-refractivity contribution in [1.82, 2.24) is 14.9 Å². The number of fused-ring (bicyclic) bond motifs is 2. The number of H-pyrrole nitrogens is 1. The number of hydrogen-bond donors (Lipinski definition) is 1. The highest BCUT2D eigenvalue weighted by atomic mass is 127. The molecule has 1 amide bonds. The van der Waals surface area contributed by atoms with E-state index in [4.69, 9.17) is 9.72 Å². The lowest BCUT2D eigenvalue weighted by molar-refractivity contribution is -0.0853. The Balaban J connectivity index is 1.71. The van der Waals surface area contributed by atoms with Gasteiger partial charge in [-0.2, -0.15) is 0 Å². The van der Waals surface area contributed by atoms with Crippen molar-refractivity contribution in [2.45, 2.75) is 51.3 Å². The van der Waals surface area contributed by atoms with Crippen molar-refractivity contribution in [3.05, 3.63) is 27.6 Å². The third-order valence-electron chi connectivity index (χ3n) is 5.44. The molecule has 0 radical (unpaired) electrons. The smallest absolute Gasteiger partial charge is 0.411 e. The molecule has 1 aromatic heterocycles. The molecule has 0 spiro atoms. The fourth-order valence-corrected chi connectivity index (χ4v) is 4.34. The quantitative estimate of drug-likeness (QED) is 0.696. The van der Waals surface area contributed by atoms with Gasteiger partial charge in [-0.3, -0.25) is 4.90 Å². The number of carbonyl (C=O) groups excluding carboxylic acids is 1. The third kappa shape index (κ3) is 2.33. The fourth-order valence-electron chi connectivity index (χ4n) is 3.85. The number of ether oxygens (including phenoxy) is 1. The maximum Gasteiger partial charge on any atom is 0.411 e. The van der Waals surface area contributed by atoms with Gasteiger partial charge in [0.1, 0.15) is 11.4 Å². The van der Waals surface area contributed by atoms with Crippen molar-refractivity contribution in [2.24, 2.45) is 5.92 Å². The van der Waals surface area contributed by atoms with Gasteiger partial charge in [0.15, 0.2) is 0 Å². The fraction of sp³-hybridized carbons (Fsp3) is 0.529. The maximum atomic E-state index is 12.6. The number of benzene rings is 1. The van der Waals surface area contributed by atoms with E-state index in [1.165, 1.54) is 3.57 Å². The Morgan fingerprint density at radius 1 is 1.39 bits per heavy atom. The van der Waals surface area contributed by atoms with E-state index >= 15 is 0 Å². The summed E-state index contributed by atoms with van der Waals surface area (Å²) in [4.78, 5) is 22.6. The number of hydrogen-bond acceptors (Lipinski definition) is 3. The number of rotatable bonds is 1. The van der Waals surface area contributed by atoms with Crippen LogP contribution in [0, 0.1) is 9.49 Å². The molecule has 23 heavy (non-hydrogen) atoms. The zero-order valence-electron chi connectivity index (χ0n) is 13.5. The van der Waals surface area contributed by atoms with E-state index in [1.807, 2.05) is 30.9 Å². The van der Waals surface area contributed by atoms with E-state index in [-0.39, 0.29) is 18.2 Å². The number of aromatic nitrogens is 2. The van der Waals surface area contributed by atoms with Crippen LogP contribution in [-0.4, -0.2) is 32.6 Å². The zero-order valence-corrected chi connectivity index (χ0v) is 15.6. The van der Waals surface area contributed by atoms with Gasteiger partial charge in [0, 0.05) is 15.5 Å². The number of imidazole rings is 1. The number of nitrogens with one attached hydrogen (secondary N) is 1. The van der Waals surface area contributed by atoms with Crippen molar-refractivity contribution in [3.63, 3.8) is 0 Å². The number of nitrogens with zero attached hydrogens (tertiary/aromatic N) is 2. The molecule has 1 N–H and O–H groups in total. The molecule has 122 valence electrons. The molecule has 2 aliphatic rings. The third-order valence-corrected chi connectivity index (χ3v) is 6.11. The molecule has 2 fully saturated rings. The summed E-state index contributed by atoms with van der Waals surface area (Å²) in [5.74, 6) is 1.17. The maximum absolute atomic E-state index is 12.6. The predicted octanol–water partition coefficient (Wildman–Crippen LogP) is 4.24. The first kappa shape index (κ1) is 15.2. The number of cyclic esters (lactones) is 1. The molecule has 1 aromatic carbocycles. The van der Waals surface area contributed by atoms with Crippen LogP contribution in [-0.2, 0) is 4.74 Å². The Morgan fingerprint density at radius 3 is 2.96 bits per heavy atom. The van der Waals surface area contributed by atoms with Crippen LogP contribution in [0.4, 0.5) is 4.79 Å². The molecule has 5 nitrogen and oxygen atoms in total. The number of halogens is 1. The molecule has 2 aliphatic heterocycles. The van der Waals surface area contributed by atoms with Gasteiger partial charge >= 0.3 is 6.09 Å². The van der Waals surface area contributed by atoms with Crippen molar-refractivity contribution < 1.29 is 9.53 Å². The first-order chi connectivity index (χ1) is 10.9. The molecule has 4 rings (SSSR count). The highest BCUT2D eigenvalue weighted by Gasteiger charge is 2.52. The van der Waals surface area contributed by atoms with Crippen LogP contribution in [0.5, 0.6) is 0 Å². The van der Waals surface area contributed by atoms with Gasteiger partial charge in [-0.05, 0) is 67.5 Å². The molecule has 2 saturated heterocycles. The van der Waals surface area contributed by atoms with Crippen LogP contribution in [0.15, 0.2) is 18.2 Å². The second-order valence-electron chi connectivity index (χ2n) is 7.11. The van der Waals surface area contributed by atoms with E-state index in [2.05, 4.69) is 40.6 Å². The SMILES string of the molecule is CC1C2CCC(c3nc4ccc(I)cc4[nH]3)N2C(=O)OC1(C)C. The largest absolute Gasteiger partial charge is 0.443 e. The normalized spacial score (nSPS) is 29.7. The first-order valence-electron chi connectivity index (χ1n) is 8.03. The monoisotopic (exact) mass is 425 g/mol. The molecule has 0 bridgehead atoms. The summed E-state index contributed by atoms with van der Waals surface area (Å²) in [6, 6.07) is 6.36. The summed E-state index contributed by atoms with van der Waals surface area (Å²) in [7, 11) is 0. The van der Waals surface area contributed by atoms with Gasteiger partial charge in [0.2, 0.25) is 0 Å². The van der Waals surface area contributed by atoms with Gasteiger partial charge < -0.3 is 9.72 Å². The Kier molecular flexibility index (Phi) is 3.37. The van der Waals surface area contributed by atoms with Crippen LogP contribution < -0.4 is 0 Å². The lowest BCUT2D eigenvalue weighted by Crippen LogP contribution is -2.56. The van der Waals surface area contributed by atoms with Crippen LogP contribution in [0.25, 0.3) is 11.0 Å². The minimum Gasteiger partial charge on any atom is -0.443 e. The Morgan fingerprint density at radius 2 is 2.17 bits per heavy atom. The van der Waals surface area contributed by atoms with Crippen molar-refractivity contribution in [2.75, 3.05) is 0 Å². The first-order valence-corrected chi connectivity index (χ1v) is 9.11. The summed E-state index contributed by atoms with van der Waals surface area (Å²) in [6.45, 7) is 6.18. The Labute approximate surface area is 148 Å². The number of carbonyl (C=O) groups is 1. The van der Waals surface area contributed by atoms with E-state index in [9.17, 15) is 4.79 Å². The minimum absolute atomic E-state index is 0.0175. The van der Waals surface area contributed by atoms with E-state index in [1.54, 1.807) is 0 Å². The standard InChI is InChI=1S/C17H20IN3O2/c1-9-13-6-7-14(21(13)16(22)23-17(9,2)3)15-19-11-5-4-10(18)8-12(11)20-15/h4-5,8-9,13-14H,6-7H2,1-3H3,(H,19,20). The highest BCUT2D eigenvalue weighted by molar-refractivity contribution is 14.1. The molecular weight excluding hydrogens is 405 g/mol. The molecule has 6 heteroatoms. The van der Waals surface area contributed by atoms with Crippen LogP contribution in [0.3, 0.4) is 0 Å². The molecule has 0 aliphatic carbocycles. The topological polar surface area (TPSA) is 58.2 Å². The van der Waals surface area contributed by atoms with Crippen molar-refractivity contribution in [1.29, 1.82) is 0 Å². The lowest BCUT2D eigenvalue weighted by Gasteiger charge is -2.46. The molecule has 0 saturated carbocycles. The second kappa shape index (κ2) is 5.09. The molecular formula is C17H20IN3O2. The van der Waals surface area contributed by atoms with Gasteiger partial charge in [0.25, 0.3) is 0 Å². The predicted molar refractivity (Wildman–Crippen MR) is 96.1 cm³/mol. The van der Waals surface area contributed by atoms with Crippen LogP contribution in [0.2, 0.25) is 0 Å². The Hall–Kier alpha value is -1.31. The summed E-state index contributed by atoms with van der Waals surface area (Å²) < 4.78 is 6.86. The second-order valence-corrected chi connectivity index (χ2v) is 8.36. The lowest BCUT2D eigenvalue weighted by atomic mass is 9.84. The summed E-state index contributed by atoms with van der Waals surface area (Å²) >= 11 is 2.29. The molecule has 3 atom stereocenters. The summed E-state index contributed by atoms with van der Waals surface area (Å²) in [5.41, 5.74) is 1.56. The van der Waals surface area contributed by atoms with Crippen molar-refractivity contribution in [3.8, 4) is 0 Å². The molecule has 3 unspecified atom stereocenters. The number of aromatic amines is 1. The summed E-state index contributed by atoms with van der Waals surface area (Å²) in [6.07, 6.45) is 1.71. The van der Waals surface area contributed by atoms with E-state index in [0.29, 0.717) is 5.92 Å². The summed E-state index contributed by atoms with van der Waals surface area (Å²) in [5, 5.41) is 0. The minimum atomic E-state index is -0.406. The number of amides is 1. The van der Waals surface area contributed by atoms with Gasteiger partial charge in [-0.25, -0.2) is 9.78 Å². The van der Waals surface area contributed by atoms with Gasteiger partial charge in [-0.15, -0.1) is 0 Å². The van der Waals surface area contributed by atoms with Crippen molar-refractivity contribution >= 4 is 39.7 Å². The average Bonchev–Trinajstić information content (AvgIpc) is 3.07. The average molecular weight is 425 g/mol. The molecule has 3 heterocycles. The molecule has 2 aromatic rings. The van der Waals surface area contributed by atoms with E-state index in [0.717, 1.165) is 29.7 Å².